The number of hydrogen-bond acceptors (Lipinski definition) is 6. The Labute approximate surface area is 244 Å². The van der Waals surface area contributed by atoms with Crippen molar-refractivity contribution in [3.8, 4) is 17.2 Å². The number of anilines is 2. The Morgan fingerprint density at radius 2 is 1.62 bits per heavy atom. The van der Waals surface area contributed by atoms with E-state index in [-0.39, 0.29) is 5.69 Å². The van der Waals surface area contributed by atoms with Crippen molar-refractivity contribution in [2.45, 2.75) is 39.9 Å². The Balaban J connectivity index is 1.58. The molecule has 5 rings (SSSR count). The van der Waals surface area contributed by atoms with Crippen molar-refractivity contribution in [2.75, 3.05) is 12.0 Å². The lowest BCUT2D eigenvalue weighted by atomic mass is 10.1. The molecule has 0 bridgehead atoms. The first-order valence-corrected chi connectivity index (χ1v) is 13.6. The number of imidazole rings is 1. The van der Waals surface area contributed by atoms with Gasteiger partial charge in [0.2, 0.25) is 0 Å². The van der Waals surface area contributed by atoms with E-state index in [4.69, 9.17) is 14.2 Å². The summed E-state index contributed by atoms with van der Waals surface area (Å²) in [5, 5.41) is 0. The fraction of sp³-hybridized carbons (Fsp3) is 0.242. The first-order chi connectivity index (χ1) is 20.1. The van der Waals surface area contributed by atoms with Gasteiger partial charge in [0.05, 0.1) is 35.7 Å². The van der Waals surface area contributed by atoms with Gasteiger partial charge in [-0.05, 0) is 81.3 Å². The lowest BCUT2D eigenvalue weighted by Gasteiger charge is -2.28. The van der Waals surface area contributed by atoms with Crippen molar-refractivity contribution in [3.63, 3.8) is 0 Å². The smallest absolute Gasteiger partial charge is 0.420 e. The molecule has 3 aromatic carbocycles. The quantitative estimate of drug-likeness (QED) is 0.218. The number of rotatable bonds is 7. The Hall–Kier alpha value is -5.05. The minimum absolute atomic E-state index is 0.242. The molecule has 42 heavy (non-hydrogen) atoms. The summed E-state index contributed by atoms with van der Waals surface area (Å²) in [4.78, 5) is 33.0. The summed E-state index contributed by atoms with van der Waals surface area (Å²) >= 11 is 0. The number of aromatic nitrogens is 3. The van der Waals surface area contributed by atoms with Crippen molar-refractivity contribution in [1.82, 2.24) is 14.1 Å². The van der Waals surface area contributed by atoms with Gasteiger partial charge in [0.15, 0.2) is 0 Å². The van der Waals surface area contributed by atoms with Gasteiger partial charge in [-0.3, -0.25) is 9.13 Å². The number of pyridine rings is 1. The minimum atomic E-state index is -0.746. The third-order valence-electron chi connectivity index (χ3n) is 6.72. The van der Waals surface area contributed by atoms with Gasteiger partial charge in [-0.2, -0.15) is 0 Å². The molecule has 0 spiro atoms. The molecular formula is C33H34N4O5. The van der Waals surface area contributed by atoms with Crippen molar-refractivity contribution in [3.05, 3.63) is 107 Å². The van der Waals surface area contributed by atoms with E-state index in [2.05, 4.69) is 4.98 Å². The largest absolute Gasteiger partial charge is 0.497 e. The van der Waals surface area contributed by atoms with Crippen LogP contribution in [0.2, 0.25) is 0 Å². The molecule has 2 heterocycles. The molecule has 2 aromatic heterocycles. The first kappa shape index (κ1) is 28.5. The maximum absolute atomic E-state index is 13.7. The van der Waals surface area contributed by atoms with Crippen LogP contribution in [0.15, 0.2) is 89.9 Å². The number of benzene rings is 3. The number of hydrogen-bond donors (Lipinski definition) is 0. The zero-order valence-electron chi connectivity index (χ0n) is 24.6. The molecule has 216 valence electrons. The number of ether oxygens (including phenoxy) is 3. The Bertz CT molecular complexity index is 1780. The van der Waals surface area contributed by atoms with Crippen LogP contribution in [0.5, 0.6) is 11.5 Å². The van der Waals surface area contributed by atoms with Gasteiger partial charge in [0.25, 0.3) is 0 Å². The molecule has 1 amide bonds. The summed E-state index contributed by atoms with van der Waals surface area (Å²) in [5.41, 5.74) is 3.29. The molecule has 0 aliphatic rings. The summed E-state index contributed by atoms with van der Waals surface area (Å²) in [6.45, 7) is 7.75. The summed E-state index contributed by atoms with van der Waals surface area (Å²) in [5.74, 6) is 1.66. The number of carbonyl (C=O) groups is 1. The zero-order valence-corrected chi connectivity index (χ0v) is 24.6. The van der Waals surface area contributed by atoms with E-state index >= 15 is 0 Å². The van der Waals surface area contributed by atoms with Crippen molar-refractivity contribution < 1.29 is 19.0 Å². The fourth-order valence-electron chi connectivity index (χ4n) is 4.66. The molecule has 0 radical (unpaired) electrons. The highest BCUT2D eigenvalue weighted by molar-refractivity contribution is 5.97. The second kappa shape index (κ2) is 11.4. The summed E-state index contributed by atoms with van der Waals surface area (Å²) < 4.78 is 20.2. The van der Waals surface area contributed by atoms with Gasteiger partial charge >= 0.3 is 11.8 Å². The standard InChI is InChI=1S/C33H34N4O5/c1-22-18-26(41-21-23-10-8-7-9-11-23)16-17-27(22)37(32(39)42-33(2,3)4)30-19-28-29(20-34-30)35(5)31(38)36(28)24-12-14-25(40-6)15-13-24/h7-20H,21H2,1-6H3. The average Bonchev–Trinajstić information content (AvgIpc) is 3.21. The molecule has 0 fully saturated rings. The predicted molar refractivity (Wildman–Crippen MR) is 163 cm³/mol. The molecule has 0 saturated carbocycles. The van der Waals surface area contributed by atoms with E-state index in [0.717, 1.165) is 11.1 Å². The molecule has 5 aromatic rings. The zero-order chi connectivity index (χ0) is 30.0. The molecule has 0 aliphatic heterocycles. The monoisotopic (exact) mass is 566 g/mol. The summed E-state index contributed by atoms with van der Waals surface area (Å²) in [7, 11) is 3.28. The molecule has 0 aliphatic carbocycles. The molecule has 0 unspecified atom stereocenters. The summed E-state index contributed by atoms with van der Waals surface area (Å²) in [6, 6.07) is 24.3. The van der Waals surface area contributed by atoms with Crippen LogP contribution in [0.3, 0.4) is 0 Å². The van der Waals surface area contributed by atoms with E-state index in [1.54, 1.807) is 43.1 Å². The number of carbonyl (C=O) groups excluding carboxylic acids is 1. The van der Waals surface area contributed by atoms with E-state index in [1.807, 2.05) is 88.4 Å². The number of amides is 1. The Morgan fingerprint density at radius 1 is 0.929 bits per heavy atom. The maximum atomic E-state index is 13.7. The van der Waals surface area contributed by atoms with Gasteiger partial charge in [-0.25, -0.2) is 19.5 Å². The highest BCUT2D eigenvalue weighted by atomic mass is 16.6. The minimum Gasteiger partial charge on any atom is -0.497 e. The highest BCUT2D eigenvalue weighted by Crippen LogP contribution is 2.33. The van der Waals surface area contributed by atoms with Gasteiger partial charge in [-0.15, -0.1) is 0 Å². The number of methoxy groups -OCH3 is 1. The second-order valence-electron chi connectivity index (χ2n) is 10.9. The van der Waals surface area contributed by atoms with Crippen LogP contribution in [0, 0.1) is 6.92 Å². The second-order valence-corrected chi connectivity index (χ2v) is 10.9. The molecule has 0 N–H and O–H groups in total. The molecule has 0 saturated heterocycles. The van der Waals surface area contributed by atoms with Crippen LogP contribution in [0.4, 0.5) is 16.3 Å². The predicted octanol–water partition coefficient (Wildman–Crippen LogP) is 6.69. The van der Waals surface area contributed by atoms with Crippen molar-refractivity contribution in [1.29, 1.82) is 0 Å². The van der Waals surface area contributed by atoms with Gasteiger partial charge in [-0.1, -0.05) is 30.3 Å². The molecule has 0 atom stereocenters. The maximum Gasteiger partial charge on any atom is 0.420 e. The van der Waals surface area contributed by atoms with Crippen molar-refractivity contribution >= 4 is 28.6 Å². The number of aryl methyl sites for hydroxylation is 2. The van der Waals surface area contributed by atoms with Gasteiger partial charge in [0, 0.05) is 13.1 Å². The van der Waals surface area contributed by atoms with Crippen LogP contribution >= 0.6 is 0 Å². The van der Waals surface area contributed by atoms with Crippen LogP contribution in [0.1, 0.15) is 31.9 Å². The number of fused-ring (bicyclic) bond motifs is 1. The van der Waals surface area contributed by atoms with E-state index in [1.165, 1.54) is 9.47 Å². The lowest BCUT2D eigenvalue weighted by molar-refractivity contribution is 0.0598. The van der Waals surface area contributed by atoms with Crippen LogP contribution < -0.4 is 20.1 Å². The normalized spacial score (nSPS) is 11.4. The Morgan fingerprint density at radius 3 is 2.26 bits per heavy atom. The molecular weight excluding hydrogens is 532 g/mol. The third kappa shape index (κ3) is 5.85. The van der Waals surface area contributed by atoms with Crippen molar-refractivity contribution in [2.24, 2.45) is 7.05 Å². The number of nitrogens with zero attached hydrogens (tertiary/aromatic N) is 4. The lowest BCUT2D eigenvalue weighted by Crippen LogP contribution is -2.34. The summed E-state index contributed by atoms with van der Waals surface area (Å²) in [6.07, 6.45) is 1.00. The van der Waals surface area contributed by atoms with E-state index in [9.17, 15) is 9.59 Å². The molecule has 9 heteroatoms. The fourth-order valence-corrected chi connectivity index (χ4v) is 4.66. The van der Waals surface area contributed by atoms with Gasteiger partial charge < -0.3 is 14.2 Å². The first-order valence-electron chi connectivity index (χ1n) is 13.6. The highest BCUT2D eigenvalue weighted by Gasteiger charge is 2.28. The topological polar surface area (TPSA) is 87.8 Å². The van der Waals surface area contributed by atoms with E-state index in [0.29, 0.717) is 46.3 Å². The van der Waals surface area contributed by atoms with E-state index < -0.39 is 11.7 Å². The van der Waals surface area contributed by atoms with Crippen LogP contribution in [0.25, 0.3) is 16.7 Å². The average molecular weight is 567 g/mol. The van der Waals surface area contributed by atoms with Crippen LogP contribution in [-0.4, -0.2) is 32.9 Å². The third-order valence-corrected chi connectivity index (χ3v) is 6.72. The Kier molecular flexibility index (Phi) is 7.76. The SMILES string of the molecule is COc1ccc(-n2c(=O)n(C)c3cnc(N(C(=O)OC(C)(C)C)c4ccc(OCc5ccccc5)cc4C)cc32)cc1. The van der Waals surface area contributed by atoms with Crippen LogP contribution in [-0.2, 0) is 18.4 Å². The van der Waals surface area contributed by atoms with Gasteiger partial charge in [0.1, 0.15) is 29.5 Å². The molecule has 9 nitrogen and oxygen atoms in total.